The van der Waals surface area contributed by atoms with Crippen LogP contribution in [0.2, 0.25) is 0 Å². The Balaban J connectivity index is 1.68. The van der Waals surface area contributed by atoms with Gasteiger partial charge in [0.1, 0.15) is 0 Å². The molecule has 1 heterocycles. The second-order valence-corrected chi connectivity index (χ2v) is 14.1. The minimum Gasteiger partial charge on any atom is -0.339 e. The molecule has 6 rings (SSSR count). The van der Waals surface area contributed by atoms with Crippen LogP contribution >= 0.6 is 31.9 Å². The van der Waals surface area contributed by atoms with Gasteiger partial charge in [0, 0.05) is 82.6 Å². The zero-order valence-corrected chi connectivity index (χ0v) is 29.4. The first-order chi connectivity index (χ1) is 21.6. The molecule has 45 heavy (non-hydrogen) atoms. The first kappa shape index (κ1) is 31.6. The van der Waals surface area contributed by atoms with E-state index in [0.717, 1.165) is 81.6 Å². The summed E-state index contributed by atoms with van der Waals surface area (Å²) < 4.78 is 1.43. The summed E-state index contributed by atoms with van der Waals surface area (Å²) in [5, 5.41) is 6.23. The minimum atomic E-state index is -0.284. The van der Waals surface area contributed by atoms with Gasteiger partial charge < -0.3 is 4.90 Å². The van der Waals surface area contributed by atoms with E-state index in [0.29, 0.717) is 37.5 Å². The van der Waals surface area contributed by atoms with Gasteiger partial charge in [-0.25, -0.2) is 0 Å². The Morgan fingerprint density at radius 3 is 2.02 bits per heavy atom. The highest BCUT2D eigenvalue weighted by atomic mass is 79.9. The van der Waals surface area contributed by atoms with Gasteiger partial charge in [-0.2, -0.15) is 0 Å². The fourth-order valence-corrected chi connectivity index (χ4v) is 8.42. The smallest absolute Gasteiger partial charge is 0.261 e. The highest BCUT2D eigenvalue weighted by molar-refractivity contribution is 9.11. The van der Waals surface area contributed by atoms with Crippen molar-refractivity contribution in [3.05, 3.63) is 67.6 Å². The molecule has 0 saturated heterocycles. The topological polar surface area (TPSA) is 74.8 Å². The van der Waals surface area contributed by atoms with Gasteiger partial charge in [-0.1, -0.05) is 83.5 Å². The third-order valence-electron chi connectivity index (χ3n) is 9.67. The number of hydrogen-bond donors (Lipinski definition) is 0. The van der Waals surface area contributed by atoms with Crippen LogP contribution in [0, 0.1) is 0 Å². The second kappa shape index (κ2) is 12.1. The van der Waals surface area contributed by atoms with Gasteiger partial charge in [0.05, 0.1) is 0 Å². The number of imide groups is 1. The average molecular weight is 733 g/mol. The van der Waals surface area contributed by atoms with Gasteiger partial charge in [-0.15, -0.1) is 0 Å². The van der Waals surface area contributed by atoms with Crippen LogP contribution in [0.4, 0.5) is 0 Å². The van der Waals surface area contributed by atoms with Gasteiger partial charge in [-0.3, -0.25) is 24.1 Å². The van der Waals surface area contributed by atoms with Crippen molar-refractivity contribution in [1.82, 2.24) is 9.80 Å². The summed E-state index contributed by atoms with van der Waals surface area (Å²) in [6, 6.07) is 10.9. The predicted molar refractivity (Wildman–Crippen MR) is 189 cm³/mol. The summed E-state index contributed by atoms with van der Waals surface area (Å²) >= 11 is 7.55. The third kappa shape index (κ3) is 4.78. The molecule has 8 heteroatoms. The number of aldehydes is 1. The number of hydrogen-bond acceptors (Lipinski definition) is 4. The van der Waals surface area contributed by atoms with Crippen LogP contribution in [0.1, 0.15) is 108 Å². The summed E-state index contributed by atoms with van der Waals surface area (Å²) in [7, 11) is 1.82. The molecule has 2 unspecified atom stereocenters. The molecule has 0 radical (unpaired) electrons. The molecule has 0 aromatic heterocycles. The Morgan fingerprint density at radius 1 is 0.800 bits per heavy atom. The number of fused-ring (bicyclic) bond motifs is 2. The number of carbonyl (C=O) groups is 4. The number of amides is 3. The van der Waals surface area contributed by atoms with E-state index in [4.69, 9.17) is 0 Å². The van der Waals surface area contributed by atoms with E-state index in [1.807, 2.05) is 44.3 Å². The van der Waals surface area contributed by atoms with Crippen molar-refractivity contribution in [2.45, 2.75) is 78.3 Å². The second-order valence-electron chi connectivity index (χ2n) is 12.4. The van der Waals surface area contributed by atoms with Crippen LogP contribution < -0.4 is 0 Å². The van der Waals surface area contributed by atoms with Gasteiger partial charge in [0.15, 0.2) is 6.29 Å². The molecular formula is C37H36Br2N2O4. The predicted octanol–water partition coefficient (Wildman–Crippen LogP) is 9.90. The Labute approximate surface area is 279 Å². The quantitative estimate of drug-likeness (QED) is 0.0620. The van der Waals surface area contributed by atoms with Crippen molar-refractivity contribution in [3.63, 3.8) is 0 Å². The van der Waals surface area contributed by atoms with Crippen molar-refractivity contribution in [2.75, 3.05) is 7.05 Å². The monoisotopic (exact) mass is 730 g/mol. The SMILES string of the molecule is CCCCC(C)N(C)C(=O)c1ccc2c3c(Br)cc4c5c(ccc(c6c(Br)cc(C=O)c1c26)c53)C(=O)N(C(C)CCCC)C4=O. The first-order valence-corrected chi connectivity index (χ1v) is 17.3. The fraction of sp³-hybridized carbons (Fsp3) is 0.351. The maximum absolute atomic E-state index is 14.0. The molecule has 1 aliphatic rings. The van der Waals surface area contributed by atoms with Gasteiger partial charge >= 0.3 is 0 Å². The number of nitrogens with zero attached hydrogens (tertiary/aromatic N) is 2. The molecule has 232 valence electrons. The van der Waals surface area contributed by atoms with Crippen LogP contribution in [0.25, 0.3) is 43.1 Å². The Morgan fingerprint density at radius 2 is 1.38 bits per heavy atom. The first-order valence-electron chi connectivity index (χ1n) is 15.8. The average Bonchev–Trinajstić information content (AvgIpc) is 3.03. The maximum Gasteiger partial charge on any atom is 0.261 e. The number of carbonyl (C=O) groups excluding carboxylic acids is 4. The van der Waals surface area contributed by atoms with Crippen molar-refractivity contribution in [1.29, 1.82) is 0 Å². The number of unbranched alkanes of at least 4 members (excludes halogenated alkanes) is 2. The molecule has 1 aliphatic heterocycles. The zero-order chi connectivity index (χ0) is 32.3. The molecule has 6 nitrogen and oxygen atoms in total. The summed E-state index contributed by atoms with van der Waals surface area (Å²) in [4.78, 5) is 57.7. The van der Waals surface area contributed by atoms with E-state index in [2.05, 4.69) is 52.6 Å². The van der Waals surface area contributed by atoms with Crippen molar-refractivity contribution < 1.29 is 19.2 Å². The lowest BCUT2D eigenvalue weighted by Gasteiger charge is -2.33. The lowest BCUT2D eigenvalue weighted by atomic mass is 9.83. The lowest BCUT2D eigenvalue weighted by Crippen LogP contribution is -2.45. The maximum atomic E-state index is 14.0. The van der Waals surface area contributed by atoms with Crippen LogP contribution in [0.5, 0.6) is 0 Å². The lowest BCUT2D eigenvalue weighted by molar-refractivity contribution is 0.0542. The van der Waals surface area contributed by atoms with Gasteiger partial charge in [0.2, 0.25) is 0 Å². The molecule has 2 atom stereocenters. The zero-order valence-electron chi connectivity index (χ0n) is 26.2. The Kier molecular flexibility index (Phi) is 8.50. The number of benzene rings is 5. The number of halogens is 2. The van der Waals surface area contributed by atoms with E-state index in [1.54, 1.807) is 11.0 Å². The summed E-state index contributed by atoms with van der Waals surface area (Å²) in [5.74, 6) is -0.693. The molecule has 0 N–H and O–H groups in total. The molecule has 0 saturated carbocycles. The molecule has 0 aliphatic carbocycles. The molecule has 0 bridgehead atoms. The molecule has 5 aromatic carbocycles. The van der Waals surface area contributed by atoms with Crippen LogP contribution in [-0.4, -0.2) is 52.9 Å². The minimum absolute atomic E-state index is 0.0417. The van der Waals surface area contributed by atoms with Gasteiger partial charge in [0.25, 0.3) is 17.7 Å². The molecule has 3 amide bonds. The van der Waals surface area contributed by atoms with E-state index in [1.165, 1.54) is 4.90 Å². The van der Waals surface area contributed by atoms with Gasteiger partial charge in [-0.05, 0) is 61.7 Å². The Hall–Kier alpha value is -3.36. The fourth-order valence-electron chi connectivity index (χ4n) is 7.12. The van der Waals surface area contributed by atoms with E-state index >= 15 is 0 Å². The third-order valence-corrected chi connectivity index (χ3v) is 10.9. The van der Waals surface area contributed by atoms with Crippen LogP contribution in [0.15, 0.2) is 45.3 Å². The molecule has 0 spiro atoms. The summed E-state index contributed by atoms with van der Waals surface area (Å²) in [6.07, 6.45) is 6.43. The summed E-state index contributed by atoms with van der Waals surface area (Å²) in [6.45, 7) is 8.22. The van der Waals surface area contributed by atoms with Crippen molar-refractivity contribution >= 4 is 99.0 Å². The highest BCUT2D eigenvalue weighted by Gasteiger charge is 2.37. The molecular weight excluding hydrogens is 696 g/mol. The normalized spacial score (nSPS) is 14.7. The summed E-state index contributed by atoms with van der Waals surface area (Å²) in [5.41, 5.74) is 1.90. The van der Waals surface area contributed by atoms with Crippen molar-refractivity contribution in [3.8, 4) is 0 Å². The van der Waals surface area contributed by atoms with Crippen molar-refractivity contribution in [2.24, 2.45) is 0 Å². The number of rotatable bonds is 10. The van der Waals surface area contributed by atoms with E-state index in [9.17, 15) is 19.2 Å². The van der Waals surface area contributed by atoms with E-state index < -0.39 is 0 Å². The van der Waals surface area contributed by atoms with Crippen LogP contribution in [-0.2, 0) is 0 Å². The Bertz CT molecular complexity index is 2050. The molecule has 0 fully saturated rings. The largest absolute Gasteiger partial charge is 0.339 e. The highest BCUT2D eigenvalue weighted by Crippen LogP contribution is 2.49. The standard InChI is InChI=1S/C37H36Br2N2O4/c1-6-8-10-19(3)40(5)35(43)24-14-12-22-32-28(39)17-26-30-25(36(44)41(37(26)45)20(4)11-9-7-2)15-13-23(34(30)32)31-27(38)16-21(18-42)29(24)33(22)31/h12-20H,6-11H2,1-5H3. The van der Waals surface area contributed by atoms with E-state index in [-0.39, 0.29) is 29.8 Å². The van der Waals surface area contributed by atoms with Crippen LogP contribution in [0.3, 0.4) is 0 Å². The molecule has 5 aromatic rings.